The van der Waals surface area contributed by atoms with Crippen LogP contribution in [0.4, 0.5) is 5.69 Å². The Hall–Kier alpha value is -0.750. The van der Waals surface area contributed by atoms with Gasteiger partial charge in [0, 0.05) is 20.1 Å². The Balaban J connectivity index is 2.28. The van der Waals surface area contributed by atoms with Crippen molar-refractivity contribution in [3.63, 3.8) is 0 Å². The predicted octanol–water partition coefficient (Wildman–Crippen LogP) is 5.14. The number of esters is 1. The highest BCUT2D eigenvalue weighted by atomic mass is 79.9. The summed E-state index contributed by atoms with van der Waals surface area (Å²) < 4.78 is 6.18. The highest BCUT2D eigenvalue weighted by Gasteiger charge is 2.24. The van der Waals surface area contributed by atoms with Gasteiger partial charge in [-0.15, -0.1) is 11.3 Å². The van der Waals surface area contributed by atoms with Gasteiger partial charge in [0.1, 0.15) is 4.34 Å². The van der Waals surface area contributed by atoms with Gasteiger partial charge in [0.05, 0.1) is 7.11 Å². The molecule has 106 valence electrons. The molecule has 1 N–H and O–H groups in total. The minimum absolute atomic E-state index is 0.384. The van der Waals surface area contributed by atoms with Crippen molar-refractivity contribution < 1.29 is 9.53 Å². The lowest BCUT2D eigenvalue weighted by molar-refractivity contribution is -0.141. The molecule has 0 saturated carbocycles. The van der Waals surface area contributed by atoms with Gasteiger partial charge in [0.15, 0.2) is 6.04 Å². The van der Waals surface area contributed by atoms with Crippen LogP contribution in [0.3, 0.4) is 0 Å². The van der Waals surface area contributed by atoms with Crippen molar-refractivity contribution in [2.45, 2.75) is 6.04 Å². The molecular weight excluding hydrogens is 385 g/mol. The number of carbonyl (C=O) groups is 1. The van der Waals surface area contributed by atoms with Crippen molar-refractivity contribution >= 4 is 62.1 Å². The first-order valence-corrected chi connectivity index (χ1v) is 7.92. The number of halogens is 3. The molecule has 1 aromatic heterocycles. The van der Waals surface area contributed by atoms with E-state index in [0.29, 0.717) is 9.36 Å². The highest BCUT2D eigenvalue weighted by Crippen LogP contribution is 2.36. The summed E-state index contributed by atoms with van der Waals surface area (Å²) in [6.45, 7) is 0. The molecule has 1 atom stereocenters. The molecule has 0 saturated heterocycles. The number of ether oxygens (including phenoxy) is 1. The first-order valence-electron chi connectivity index (χ1n) is 5.56. The Labute approximate surface area is 139 Å². The van der Waals surface area contributed by atoms with Crippen LogP contribution < -0.4 is 5.32 Å². The summed E-state index contributed by atoms with van der Waals surface area (Å²) in [5.41, 5.74) is 0.769. The van der Waals surface area contributed by atoms with Gasteiger partial charge in [-0.1, -0.05) is 23.2 Å². The zero-order valence-electron chi connectivity index (χ0n) is 10.3. The molecule has 0 aliphatic carbocycles. The standard InChI is InChI=1S/C13H10BrCl2NO2S/c1-19-13(18)11(10-6-9(14)12(16)20-10)17-8-4-2-7(15)3-5-8/h2-6,11,17H,1H3. The van der Waals surface area contributed by atoms with Crippen LogP contribution in [0.15, 0.2) is 34.8 Å². The number of hydrogen-bond acceptors (Lipinski definition) is 4. The summed E-state index contributed by atoms with van der Waals surface area (Å²) in [5.74, 6) is -0.384. The highest BCUT2D eigenvalue weighted by molar-refractivity contribution is 9.10. The number of carbonyl (C=O) groups excluding carboxylic acids is 1. The minimum Gasteiger partial charge on any atom is -0.467 e. The average molecular weight is 395 g/mol. The van der Waals surface area contributed by atoms with Crippen molar-refractivity contribution in [2.75, 3.05) is 12.4 Å². The van der Waals surface area contributed by atoms with Gasteiger partial charge in [-0.25, -0.2) is 4.79 Å². The molecule has 1 aromatic carbocycles. The third kappa shape index (κ3) is 3.67. The molecule has 1 unspecified atom stereocenters. The predicted molar refractivity (Wildman–Crippen MR) is 86.9 cm³/mol. The maximum atomic E-state index is 11.9. The quantitative estimate of drug-likeness (QED) is 0.729. The van der Waals surface area contributed by atoms with Crippen LogP contribution in [-0.4, -0.2) is 13.1 Å². The molecule has 7 heteroatoms. The second-order valence-electron chi connectivity index (χ2n) is 3.88. The molecule has 0 bridgehead atoms. The first kappa shape index (κ1) is 15.6. The van der Waals surface area contributed by atoms with Gasteiger partial charge in [0.25, 0.3) is 0 Å². The van der Waals surface area contributed by atoms with Crippen LogP contribution in [0.5, 0.6) is 0 Å². The fraction of sp³-hybridized carbons (Fsp3) is 0.154. The van der Waals surface area contributed by atoms with Crippen LogP contribution in [0.25, 0.3) is 0 Å². The number of rotatable bonds is 4. The number of hydrogen-bond donors (Lipinski definition) is 1. The van der Waals surface area contributed by atoms with Crippen molar-refractivity contribution in [3.8, 4) is 0 Å². The Morgan fingerprint density at radius 3 is 2.50 bits per heavy atom. The van der Waals surface area contributed by atoms with Crippen LogP contribution in [0.1, 0.15) is 10.9 Å². The topological polar surface area (TPSA) is 38.3 Å². The molecule has 2 rings (SSSR count). The number of benzene rings is 1. The van der Waals surface area contributed by atoms with Gasteiger partial charge >= 0.3 is 5.97 Å². The van der Waals surface area contributed by atoms with Crippen molar-refractivity contribution in [3.05, 3.63) is 49.0 Å². The third-order valence-electron chi connectivity index (χ3n) is 2.54. The molecule has 2 aromatic rings. The Bertz CT molecular complexity index is 596. The average Bonchev–Trinajstić information content (AvgIpc) is 2.77. The van der Waals surface area contributed by atoms with E-state index >= 15 is 0 Å². The molecule has 0 aliphatic rings. The lowest BCUT2D eigenvalue weighted by Gasteiger charge is -2.16. The zero-order valence-corrected chi connectivity index (χ0v) is 14.2. The van der Waals surface area contributed by atoms with Gasteiger partial charge < -0.3 is 10.1 Å². The van der Waals surface area contributed by atoms with Crippen molar-refractivity contribution in [2.24, 2.45) is 0 Å². The van der Waals surface area contributed by atoms with E-state index in [-0.39, 0.29) is 5.97 Å². The monoisotopic (exact) mass is 393 g/mol. The second-order valence-corrected chi connectivity index (χ2v) is 6.85. The number of nitrogens with one attached hydrogen (secondary N) is 1. The molecule has 0 amide bonds. The molecule has 0 radical (unpaired) electrons. The van der Waals surface area contributed by atoms with E-state index < -0.39 is 6.04 Å². The molecule has 3 nitrogen and oxygen atoms in total. The number of anilines is 1. The van der Waals surface area contributed by atoms with Crippen LogP contribution in [0, 0.1) is 0 Å². The van der Waals surface area contributed by atoms with Crippen molar-refractivity contribution in [1.82, 2.24) is 0 Å². The molecule has 0 spiro atoms. The van der Waals surface area contributed by atoms with Crippen molar-refractivity contribution in [1.29, 1.82) is 0 Å². The van der Waals surface area contributed by atoms with Crippen LogP contribution in [-0.2, 0) is 9.53 Å². The molecule has 20 heavy (non-hydrogen) atoms. The Morgan fingerprint density at radius 2 is 2.00 bits per heavy atom. The van der Waals surface area contributed by atoms with E-state index in [9.17, 15) is 4.79 Å². The first-order chi connectivity index (χ1) is 9.51. The van der Waals surface area contributed by atoms with E-state index in [1.165, 1.54) is 18.4 Å². The van der Waals surface area contributed by atoms with E-state index in [2.05, 4.69) is 21.2 Å². The van der Waals surface area contributed by atoms with E-state index in [1.54, 1.807) is 30.3 Å². The second kappa shape index (κ2) is 6.80. The summed E-state index contributed by atoms with van der Waals surface area (Å²) in [6, 6.07) is 8.27. The van der Waals surface area contributed by atoms with Gasteiger partial charge in [-0.2, -0.15) is 0 Å². The fourth-order valence-electron chi connectivity index (χ4n) is 1.58. The number of thiophene rings is 1. The molecular formula is C13H10BrCl2NO2S. The third-order valence-corrected chi connectivity index (χ3v) is 5.33. The van der Waals surface area contributed by atoms with E-state index in [4.69, 9.17) is 27.9 Å². The smallest absolute Gasteiger partial charge is 0.333 e. The van der Waals surface area contributed by atoms with E-state index in [1.807, 2.05) is 0 Å². The Morgan fingerprint density at radius 1 is 1.35 bits per heavy atom. The summed E-state index contributed by atoms with van der Waals surface area (Å²) in [7, 11) is 1.35. The summed E-state index contributed by atoms with van der Waals surface area (Å²) in [6.07, 6.45) is 0. The Kier molecular flexibility index (Phi) is 5.32. The summed E-state index contributed by atoms with van der Waals surface area (Å²) in [5, 5.41) is 3.74. The summed E-state index contributed by atoms with van der Waals surface area (Å²) in [4.78, 5) is 12.7. The lowest BCUT2D eigenvalue weighted by atomic mass is 10.2. The maximum Gasteiger partial charge on any atom is 0.333 e. The molecule has 0 aliphatic heterocycles. The largest absolute Gasteiger partial charge is 0.467 e. The maximum absolute atomic E-state index is 11.9. The van der Waals surface area contributed by atoms with Gasteiger partial charge in [0.2, 0.25) is 0 Å². The fourth-order valence-corrected chi connectivity index (χ4v) is 3.48. The van der Waals surface area contributed by atoms with Crippen LogP contribution >= 0.6 is 50.5 Å². The number of methoxy groups -OCH3 is 1. The summed E-state index contributed by atoms with van der Waals surface area (Å²) >= 11 is 16.5. The van der Waals surface area contributed by atoms with E-state index in [0.717, 1.165) is 15.0 Å². The molecule has 1 heterocycles. The molecule has 0 fully saturated rings. The zero-order chi connectivity index (χ0) is 14.7. The normalized spacial score (nSPS) is 12.0. The lowest BCUT2D eigenvalue weighted by Crippen LogP contribution is -2.21. The SMILES string of the molecule is COC(=O)C(Nc1ccc(Cl)cc1)c1cc(Br)c(Cl)s1. The van der Waals surface area contributed by atoms with Gasteiger partial charge in [-0.3, -0.25) is 0 Å². The minimum atomic E-state index is -0.616. The van der Waals surface area contributed by atoms with Gasteiger partial charge in [-0.05, 0) is 46.3 Å². The van der Waals surface area contributed by atoms with Crippen LogP contribution in [0.2, 0.25) is 9.36 Å².